The predicted molar refractivity (Wildman–Crippen MR) is 93.3 cm³/mol. The van der Waals surface area contributed by atoms with Crippen LogP contribution in [0.5, 0.6) is 0 Å². The van der Waals surface area contributed by atoms with E-state index in [1.807, 2.05) is 35.4 Å². The molecule has 0 aromatic heterocycles. The summed E-state index contributed by atoms with van der Waals surface area (Å²) < 4.78 is 0. The van der Waals surface area contributed by atoms with Crippen LogP contribution in [0.3, 0.4) is 0 Å². The van der Waals surface area contributed by atoms with E-state index in [0.29, 0.717) is 23.7 Å². The zero-order valence-corrected chi connectivity index (χ0v) is 14.1. The van der Waals surface area contributed by atoms with Gasteiger partial charge >= 0.3 is 0 Å². The number of carbonyl (C=O) groups excluding carboxylic acids is 1. The molecule has 4 atom stereocenters. The average molecular weight is 334 g/mol. The summed E-state index contributed by atoms with van der Waals surface area (Å²) in [6.07, 6.45) is 8.67. The van der Waals surface area contributed by atoms with E-state index in [0.717, 1.165) is 37.8 Å². The van der Waals surface area contributed by atoms with Gasteiger partial charge in [-0.1, -0.05) is 12.1 Å². The van der Waals surface area contributed by atoms with Gasteiger partial charge in [0.25, 0.3) is 0 Å². The predicted octanol–water partition coefficient (Wildman–Crippen LogP) is 1.92. The molecule has 3 heterocycles. The molecule has 1 aromatic carbocycles. The first-order chi connectivity index (χ1) is 12.3. The average Bonchev–Trinajstić information content (AvgIpc) is 3.44. The van der Waals surface area contributed by atoms with E-state index in [1.165, 1.54) is 0 Å². The van der Waals surface area contributed by atoms with Gasteiger partial charge in [0, 0.05) is 36.4 Å². The number of nitrogens with zero attached hydrogens (tertiary/aromatic N) is 3. The molecule has 1 saturated carbocycles. The zero-order chi connectivity index (χ0) is 17.0. The molecule has 0 spiro atoms. The number of nitriles is 1. The Kier molecular flexibility index (Phi) is 3.36. The van der Waals surface area contributed by atoms with Gasteiger partial charge in [-0.15, -0.1) is 0 Å². The van der Waals surface area contributed by atoms with Gasteiger partial charge in [-0.2, -0.15) is 5.26 Å². The Hall–Kier alpha value is -2.32. The van der Waals surface area contributed by atoms with Crippen LogP contribution in [0.25, 0.3) is 0 Å². The maximum Gasteiger partial charge on any atom is 0.250 e. The highest BCUT2D eigenvalue weighted by Crippen LogP contribution is 2.44. The molecule has 4 aliphatic rings. The van der Waals surface area contributed by atoms with Crippen LogP contribution in [0.15, 0.2) is 36.7 Å². The SMILES string of the molecule is N#Cc1ccc(C2C3NCCCC3N3C=CN(C4CC4)C(=O)C23)cc1. The Balaban J connectivity index is 1.56. The summed E-state index contributed by atoms with van der Waals surface area (Å²) in [5, 5.41) is 12.8. The normalized spacial score (nSPS) is 33.8. The molecule has 1 aliphatic carbocycles. The van der Waals surface area contributed by atoms with E-state index in [-0.39, 0.29) is 17.9 Å². The third-order valence-electron chi connectivity index (χ3n) is 6.17. The van der Waals surface area contributed by atoms with Gasteiger partial charge in [0.15, 0.2) is 0 Å². The number of carbonyl (C=O) groups is 1. The van der Waals surface area contributed by atoms with E-state index in [1.54, 1.807) is 0 Å². The lowest BCUT2D eigenvalue weighted by atomic mass is 9.83. The molecule has 5 nitrogen and oxygen atoms in total. The van der Waals surface area contributed by atoms with Crippen molar-refractivity contribution in [2.24, 2.45) is 0 Å². The standard InChI is InChI=1S/C20H22N4O/c21-12-13-3-5-14(6-4-13)17-18-16(2-1-9-22-18)24-11-10-23(15-7-8-15)20(25)19(17)24/h3-6,10-11,15-19,22H,1-2,7-9H2. The molecule has 5 heteroatoms. The molecule has 5 rings (SSSR count). The van der Waals surface area contributed by atoms with Gasteiger partial charge in [-0.05, 0) is 49.9 Å². The van der Waals surface area contributed by atoms with E-state index >= 15 is 0 Å². The molecule has 128 valence electrons. The van der Waals surface area contributed by atoms with Gasteiger partial charge in [0.1, 0.15) is 6.04 Å². The lowest BCUT2D eigenvalue weighted by Crippen LogP contribution is -2.50. The first-order valence-corrected chi connectivity index (χ1v) is 9.29. The molecule has 1 N–H and O–H groups in total. The molecule has 0 radical (unpaired) electrons. The molecule has 1 aromatic rings. The Labute approximate surface area is 147 Å². The fraction of sp³-hybridized carbons (Fsp3) is 0.500. The molecule has 3 fully saturated rings. The highest BCUT2D eigenvalue weighted by atomic mass is 16.2. The quantitative estimate of drug-likeness (QED) is 0.898. The van der Waals surface area contributed by atoms with Crippen LogP contribution in [0.4, 0.5) is 0 Å². The smallest absolute Gasteiger partial charge is 0.250 e. The van der Waals surface area contributed by atoms with Crippen LogP contribution in [0, 0.1) is 11.3 Å². The van der Waals surface area contributed by atoms with E-state index in [2.05, 4.69) is 22.5 Å². The van der Waals surface area contributed by atoms with Gasteiger partial charge in [0.2, 0.25) is 5.91 Å². The Morgan fingerprint density at radius 1 is 1.12 bits per heavy atom. The van der Waals surface area contributed by atoms with E-state index < -0.39 is 0 Å². The van der Waals surface area contributed by atoms with Crippen LogP contribution in [0.2, 0.25) is 0 Å². The molecule has 1 amide bonds. The monoisotopic (exact) mass is 334 g/mol. The molecule has 4 unspecified atom stereocenters. The van der Waals surface area contributed by atoms with E-state index in [9.17, 15) is 4.79 Å². The van der Waals surface area contributed by atoms with Crippen LogP contribution in [-0.4, -0.2) is 46.4 Å². The van der Waals surface area contributed by atoms with Gasteiger partial charge in [-0.25, -0.2) is 0 Å². The third-order valence-corrected chi connectivity index (χ3v) is 6.17. The number of nitrogens with one attached hydrogen (secondary N) is 1. The van der Waals surface area contributed by atoms with Crippen LogP contribution in [-0.2, 0) is 4.79 Å². The number of fused-ring (bicyclic) bond motifs is 3. The highest BCUT2D eigenvalue weighted by Gasteiger charge is 2.55. The van der Waals surface area contributed by atoms with Gasteiger partial charge < -0.3 is 15.1 Å². The van der Waals surface area contributed by atoms with Crippen molar-refractivity contribution in [2.75, 3.05) is 6.54 Å². The van der Waals surface area contributed by atoms with Crippen molar-refractivity contribution >= 4 is 5.91 Å². The van der Waals surface area contributed by atoms with Crippen molar-refractivity contribution in [1.29, 1.82) is 5.26 Å². The molecular formula is C20H22N4O. The van der Waals surface area contributed by atoms with Gasteiger partial charge in [-0.3, -0.25) is 4.79 Å². The topological polar surface area (TPSA) is 59.4 Å². The minimum Gasteiger partial charge on any atom is -0.359 e. The summed E-state index contributed by atoms with van der Waals surface area (Å²) in [5.41, 5.74) is 1.83. The second kappa shape index (κ2) is 5.60. The third kappa shape index (κ3) is 2.28. The number of hydrogen-bond acceptors (Lipinski definition) is 4. The van der Waals surface area contributed by atoms with Crippen molar-refractivity contribution in [3.63, 3.8) is 0 Å². The molecule has 0 bridgehead atoms. The Morgan fingerprint density at radius 2 is 1.92 bits per heavy atom. The number of amides is 1. The summed E-state index contributed by atoms with van der Waals surface area (Å²) in [5.74, 6) is 0.382. The Morgan fingerprint density at radius 3 is 2.64 bits per heavy atom. The molecular weight excluding hydrogens is 312 g/mol. The maximum atomic E-state index is 13.3. The first-order valence-electron chi connectivity index (χ1n) is 9.29. The zero-order valence-electron chi connectivity index (χ0n) is 14.1. The fourth-order valence-corrected chi connectivity index (χ4v) is 4.87. The molecule has 3 aliphatic heterocycles. The summed E-state index contributed by atoms with van der Waals surface area (Å²) >= 11 is 0. The number of rotatable bonds is 2. The van der Waals surface area contributed by atoms with Crippen molar-refractivity contribution in [3.05, 3.63) is 47.8 Å². The Bertz CT molecular complexity index is 761. The largest absolute Gasteiger partial charge is 0.359 e. The van der Waals surface area contributed by atoms with Crippen LogP contribution < -0.4 is 5.32 Å². The van der Waals surface area contributed by atoms with Crippen molar-refractivity contribution in [2.45, 2.75) is 55.8 Å². The number of hydrogen-bond donors (Lipinski definition) is 1. The number of piperidine rings is 1. The minimum absolute atomic E-state index is 0.126. The van der Waals surface area contributed by atoms with Crippen molar-refractivity contribution in [1.82, 2.24) is 15.1 Å². The fourth-order valence-electron chi connectivity index (χ4n) is 4.87. The van der Waals surface area contributed by atoms with Crippen LogP contribution in [0.1, 0.15) is 42.7 Å². The van der Waals surface area contributed by atoms with Crippen molar-refractivity contribution in [3.8, 4) is 6.07 Å². The first kappa shape index (κ1) is 15.0. The molecule has 2 saturated heterocycles. The van der Waals surface area contributed by atoms with E-state index in [4.69, 9.17) is 5.26 Å². The van der Waals surface area contributed by atoms with Crippen molar-refractivity contribution < 1.29 is 4.79 Å². The van der Waals surface area contributed by atoms with Crippen LogP contribution >= 0.6 is 0 Å². The minimum atomic E-state index is -0.126. The second-order valence-corrected chi connectivity index (χ2v) is 7.62. The summed E-state index contributed by atoms with van der Waals surface area (Å²) in [7, 11) is 0. The maximum absolute atomic E-state index is 13.3. The van der Waals surface area contributed by atoms with Gasteiger partial charge in [0.05, 0.1) is 11.6 Å². The molecule has 25 heavy (non-hydrogen) atoms. The summed E-state index contributed by atoms with van der Waals surface area (Å²) in [4.78, 5) is 17.6. The summed E-state index contributed by atoms with van der Waals surface area (Å²) in [6, 6.07) is 10.9. The summed E-state index contributed by atoms with van der Waals surface area (Å²) in [6.45, 7) is 1.01. The second-order valence-electron chi connectivity index (χ2n) is 7.62. The highest BCUT2D eigenvalue weighted by molar-refractivity contribution is 5.86. The lowest BCUT2D eigenvalue weighted by molar-refractivity contribution is -0.135. The number of benzene rings is 1. The lowest BCUT2D eigenvalue weighted by Gasteiger charge is -2.37.